The van der Waals surface area contributed by atoms with Gasteiger partial charge in [-0.05, 0) is 55.9 Å². The standard InChI is InChI=1S/C29H35FN6O3/c1-34(2)15-6-9-25(37)35-16-14-23(30)24(18-35)36-17-22(26-27(36)29(38)33-32-28(26)31)19-10-12-21(13-11-19)39-20-7-4-3-5-8-20/h3-13,17,23-24,26-28,32H,14-16,18,31H2,1-2H3,(H,33,38)/b9-6+. The minimum Gasteiger partial charge on any atom is -0.457 e. The van der Waals surface area contributed by atoms with Crippen molar-refractivity contribution in [2.75, 3.05) is 33.7 Å². The van der Waals surface area contributed by atoms with Crippen LogP contribution in [0.2, 0.25) is 0 Å². The summed E-state index contributed by atoms with van der Waals surface area (Å²) in [6.45, 7) is 1.15. The van der Waals surface area contributed by atoms with Gasteiger partial charge in [0.15, 0.2) is 0 Å². The van der Waals surface area contributed by atoms with Crippen LogP contribution in [0.4, 0.5) is 4.39 Å². The van der Waals surface area contributed by atoms with Gasteiger partial charge in [0.1, 0.15) is 23.7 Å². The van der Waals surface area contributed by atoms with E-state index in [1.165, 1.54) is 6.08 Å². The molecule has 5 rings (SSSR count). The van der Waals surface area contributed by atoms with Crippen LogP contribution < -0.4 is 21.3 Å². The number of benzene rings is 2. The fraction of sp³-hybridized carbons (Fsp3) is 0.379. The van der Waals surface area contributed by atoms with Gasteiger partial charge in [0, 0.05) is 37.8 Å². The lowest BCUT2D eigenvalue weighted by Crippen LogP contribution is -2.68. The Balaban J connectivity index is 1.40. The number of rotatable bonds is 7. The molecule has 4 N–H and O–H groups in total. The van der Waals surface area contributed by atoms with E-state index in [1.54, 1.807) is 15.9 Å². The van der Waals surface area contributed by atoms with Crippen LogP contribution in [0.25, 0.3) is 5.57 Å². The van der Waals surface area contributed by atoms with Crippen molar-refractivity contribution in [2.24, 2.45) is 11.7 Å². The molecule has 2 saturated heterocycles. The molecule has 5 atom stereocenters. The Bertz CT molecular complexity index is 1240. The van der Waals surface area contributed by atoms with Crippen LogP contribution in [0.1, 0.15) is 12.0 Å². The first-order chi connectivity index (χ1) is 18.8. The Morgan fingerprint density at radius 2 is 1.87 bits per heavy atom. The fourth-order valence-corrected chi connectivity index (χ4v) is 5.45. The molecule has 3 aliphatic rings. The Kier molecular flexibility index (Phi) is 7.97. The minimum absolute atomic E-state index is 0.158. The average Bonchev–Trinajstić information content (AvgIpc) is 3.33. The van der Waals surface area contributed by atoms with Crippen molar-refractivity contribution in [2.45, 2.75) is 30.8 Å². The quantitative estimate of drug-likeness (QED) is 0.468. The van der Waals surface area contributed by atoms with E-state index in [0.717, 1.165) is 16.9 Å². The first-order valence-corrected chi connectivity index (χ1v) is 13.2. The van der Waals surface area contributed by atoms with Gasteiger partial charge in [0.25, 0.3) is 5.91 Å². The number of hydrogen-bond acceptors (Lipinski definition) is 7. The number of carbonyl (C=O) groups excluding carboxylic acids is 2. The Morgan fingerprint density at radius 3 is 2.59 bits per heavy atom. The number of alkyl halides is 1. The number of fused-ring (bicyclic) bond motifs is 1. The maximum atomic E-state index is 15.4. The molecule has 3 aliphatic heterocycles. The molecule has 39 heavy (non-hydrogen) atoms. The van der Waals surface area contributed by atoms with Gasteiger partial charge in [-0.3, -0.25) is 15.0 Å². The molecule has 206 valence electrons. The van der Waals surface area contributed by atoms with E-state index in [9.17, 15) is 9.59 Å². The smallest absolute Gasteiger partial charge is 0.257 e. The van der Waals surface area contributed by atoms with Gasteiger partial charge in [-0.1, -0.05) is 36.4 Å². The monoisotopic (exact) mass is 534 g/mol. The third-order valence-electron chi connectivity index (χ3n) is 7.42. The maximum Gasteiger partial charge on any atom is 0.257 e. The first kappa shape index (κ1) is 26.9. The minimum atomic E-state index is -1.20. The van der Waals surface area contributed by atoms with Crippen molar-refractivity contribution >= 4 is 17.4 Å². The number of ether oxygens (including phenoxy) is 1. The summed E-state index contributed by atoms with van der Waals surface area (Å²) >= 11 is 0. The number of nitrogens with two attached hydrogens (primary N) is 1. The van der Waals surface area contributed by atoms with Crippen LogP contribution in [0, 0.1) is 5.92 Å². The highest BCUT2D eigenvalue weighted by Crippen LogP contribution is 2.41. The molecule has 5 unspecified atom stereocenters. The number of likely N-dealkylation sites (tertiary alicyclic amines) is 1. The summed E-state index contributed by atoms with van der Waals surface area (Å²) in [5, 5.41) is 0. The summed E-state index contributed by atoms with van der Waals surface area (Å²) in [5.41, 5.74) is 13.6. The summed E-state index contributed by atoms with van der Waals surface area (Å²) in [5.74, 6) is 0.563. The summed E-state index contributed by atoms with van der Waals surface area (Å²) in [6.07, 6.45) is 3.62. The second kappa shape index (κ2) is 11.6. The third kappa shape index (κ3) is 5.83. The number of nitrogens with one attached hydrogen (secondary N) is 2. The number of halogens is 1. The summed E-state index contributed by atoms with van der Waals surface area (Å²) < 4.78 is 21.4. The summed E-state index contributed by atoms with van der Waals surface area (Å²) in [6, 6.07) is 15.7. The van der Waals surface area contributed by atoms with Crippen LogP contribution in [0.15, 0.2) is 72.9 Å². The first-order valence-electron chi connectivity index (χ1n) is 13.2. The van der Waals surface area contributed by atoms with Crippen LogP contribution in [0.5, 0.6) is 11.5 Å². The van der Waals surface area contributed by atoms with Gasteiger partial charge in [-0.15, -0.1) is 0 Å². The van der Waals surface area contributed by atoms with Gasteiger partial charge in [-0.2, -0.15) is 0 Å². The Morgan fingerprint density at radius 1 is 1.15 bits per heavy atom. The summed E-state index contributed by atoms with van der Waals surface area (Å²) in [4.78, 5) is 31.3. The highest BCUT2D eigenvalue weighted by atomic mass is 19.1. The Labute approximate surface area is 228 Å². The molecule has 0 saturated carbocycles. The largest absolute Gasteiger partial charge is 0.457 e. The molecule has 0 spiro atoms. The molecule has 9 nitrogen and oxygen atoms in total. The molecule has 0 radical (unpaired) electrons. The lowest BCUT2D eigenvalue weighted by atomic mass is 9.85. The van der Waals surface area contributed by atoms with Crippen LogP contribution in [-0.2, 0) is 9.59 Å². The zero-order valence-corrected chi connectivity index (χ0v) is 22.2. The predicted molar refractivity (Wildman–Crippen MR) is 147 cm³/mol. The molecule has 2 amide bonds. The molecule has 2 fully saturated rings. The average molecular weight is 535 g/mol. The van der Waals surface area contributed by atoms with Crippen LogP contribution in [0.3, 0.4) is 0 Å². The van der Waals surface area contributed by atoms with Crippen molar-refractivity contribution in [3.63, 3.8) is 0 Å². The zero-order chi connectivity index (χ0) is 27.5. The fourth-order valence-electron chi connectivity index (χ4n) is 5.45. The van der Waals surface area contributed by atoms with Crippen molar-refractivity contribution in [1.82, 2.24) is 25.6 Å². The number of nitrogens with zero attached hydrogens (tertiary/aromatic N) is 3. The number of amides is 2. The van der Waals surface area contributed by atoms with Gasteiger partial charge >= 0.3 is 0 Å². The third-order valence-corrected chi connectivity index (χ3v) is 7.42. The van der Waals surface area contributed by atoms with Crippen molar-refractivity contribution in [1.29, 1.82) is 0 Å². The Hall–Kier alpha value is -3.73. The lowest BCUT2D eigenvalue weighted by Gasteiger charge is -2.44. The number of para-hydroxylation sites is 1. The van der Waals surface area contributed by atoms with Gasteiger partial charge in [-0.25, -0.2) is 9.82 Å². The van der Waals surface area contributed by atoms with E-state index in [1.807, 2.05) is 79.8 Å². The van der Waals surface area contributed by atoms with E-state index < -0.39 is 30.3 Å². The van der Waals surface area contributed by atoms with Crippen LogP contribution >= 0.6 is 0 Å². The van der Waals surface area contributed by atoms with Crippen LogP contribution in [-0.4, -0.2) is 84.7 Å². The van der Waals surface area contributed by atoms with E-state index in [-0.39, 0.29) is 24.8 Å². The van der Waals surface area contributed by atoms with E-state index in [0.29, 0.717) is 18.8 Å². The van der Waals surface area contributed by atoms with E-state index in [2.05, 4.69) is 10.9 Å². The molecule has 0 aromatic heterocycles. The second-order valence-corrected chi connectivity index (χ2v) is 10.4. The van der Waals surface area contributed by atoms with Gasteiger partial charge < -0.3 is 25.2 Å². The number of hydrogen-bond donors (Lipinski definition) is 3. The van der Waals surface area contributed by atoms with Gasteiger partial charge in [0.2, 0.25) is 5.91 Å². The zero-order valence-electron chi connectivity index (χ0n) is 22.2. The second-order valence-electron chi connectivity index (χ2n) is 10.4. The van der Waals surface area contributed by atoms with Crippen molar-refractivity contribution in [3.05, 3.63) is 78.5 Å². The molecule has 0 bridgehead atoms. The molecular weight excluding hydrogens is 499 g/mol. The highest BCUT2D eigenvalue weighted by Gasteiger charge is 2.50. The van der Waals surface area contributed by atoms with E-state index >= 15 is 4.39 Å². The predicted octanol–water partition coefficient (Wildman–Crippen LogP) is 2.10. The SMILES string of the molecule is CN(C)C/C=C/C(=O)N1CCC(F)C(N2C=C(c3ccc(Oc4ccccc4)cc3)C3C(N)NNC(=O)C32)C1. The number of piperidine rings is 1. The molecular formula is C29H35FN6O3. The molecule has 10 heteroatoms. The van der Waals surface area contributed by atoms with Gasteiger partial charge in [0.05, 0.1) is 12.2 Å². The molecule has 2 aromatic rings. The van der Waals surface area contributed by atoms with Crippen molar-refractivity contribution < 1.29 is 18.7 Å². The maximum absolute atomic E-state index is 15.4. The molecule has 2 aromatic carbocycles. The topological polar surface area (TPSA) is 103 Å². The normalized spacial score (nSPS) is 26.9. The number of hydrazine groups is 1. The molecule has 0 aliphatic carbocycles. The van der Waals surface area contributed by atoms with E-state index in [4.69, 9.17) is 10.5 Å². The highest BCUT2D eigenvalue weighted by molar-refractivity contribution is 5.89. The molecule has 3 heterocycles. The number of likely N-dealkylation sites (N-methyl/N-ethyl adjacent to an activating group) is 1. The number of carbonyl (C=O) groups is 2. The lowest BCUT2D eigenvalue weighted by molar-refractivity contribution is -0.134. The van der Waals surface area contributed by atoms with Crippen molar-refractivity contribution in [3.8, 4) is 11.5 Å². The summed E-state index contributed by atoms with van der Waals surface area (Å²) in [7, 11) is 3.84.